The molecule has 0 aliphatic carbocycles. The molecular formula is C23H31N3O2. The second-order valence-corrected chi connectivity index (χ2v) is 7.65. The summed E-state index contributed by atoms with van der Waals surface area (Å²) in [6, 6.07) is 9.96. The van der Waals surface area contributed by atoms with Crippen LogP contribution in [-0.4, -0.2) is 23.3 Å². The summed E-state index contributed by atoms with van der Waals surface area (Å²) < 4.78 is 0. The average Bonchev–Trinajstić information content (AvgIpc) is 2.66. The molecule has 5 heteroatoms. The fraction of sp³-hybridized carbons (Fsp3) is 0.435. The Morgan fingerprint density at radius 3 is 2.18 bits per heavy atom. The van der Waals surface area contributed by atoms with E-state index in [0.717, 1.165) is 22.4 Å². The number of nitrogens with one attached hydrogen (secondary N) is 1. The molecule has 1 aromatic heterocycles. The van der Waals surface area contributed by atoms with Crippen LogP contribution in [0.2, 0.25) is 0 Å². The van der Waals surface area contributed by atoms with Crippen LogP contribution in [0.1, 0.15) is 69.6 Å². The van der Waals surface area contributed by atoms with Crippen molar-refractivity contribution in [3.63, 3.8) is 0 Å². The first kappa shape index (κ1) is 21.6. The number of anilines is 1. The van der Waals surface area contributed by atoms with Crippen molar-refractivity contribution >= 4 is 17.5 Å². The molecule has 0 aliphatic rings. The van der Waals surface area contributed by atoms with Crippen LogP contribution < -0.4 is 10.2 Å². The zero-order valence-electron chi connectivity index (χ0n) is 17.5. The van der Waals surface area contributed by atoms with Crippen LogP contribution >= 0.6 is 0 Å². The van der Waals surface area contributed by atoms with E-state index in [2.05, 4.69) is 50.1 Å². The minimum Gasteiger partial charge on any atom is -0.352 e. The molecule has 0 atom stereocenters. The Labute approximate surface area is 168 Å². The topological polar surface area (TPSA) is 62.3 Å². The molecule has 0 unspecified atom stereocenters. The molecule has 0 saturated heterocycles. The van der Waals surface area contributed by atoms with Gasteiger partial charge in [0.05, 0.1) is 5.69 Å². The number of rotatable bonds is 8. The minimum atomic E-state index is -0.0803. The largest absolute Gasteiger partial charge is 0.352 e. The van der Waals surface area contributed by atoms with E-state index >= 15 is 0 Å². The number of benzene rings is 1. The molecule has 1 N–H and O–H groups in total. The fourth-order valence-electron chi connectivity index (χ4n) is 3.26. The van der Waals surface area contributed by atoms with Crippen molar-refractivity contribution in [2.24, 2.45) is 0 Å². The molecule has 0 spiro atoms. The van der Waals surface area contributed by atoms with Crippen LogP contribution in [0, 0.1) is 0 Å². The normalized spacial score (nSPS) is 11.0. The molecule has 28 heavy (non-hydrogen) atoms. The van der Waals surface area contributed by atoms with E-state index in [1.807, 2.05) is 18.2 Å². The molecule has 2 rings (SSSR count). The quantitative estimate of drug-likeness (QED) is 0.738. The highest BCUT2D eigenvalue weighted by atomic mass is 16.2. The van der Waals surface area contributed by atoms with Gasteiger partial charge in [-0.1, -0.05) is 52.0 Å². The van der Waals surface area contributed by atoms with Crippen molar-refractivity contribution in [1.82, 2.24) is 10.3 Å². The lowest BCUT2D eigenvalue weighted by atomic mass is 9.91. The molecule has 1 heterocycles. The summed E-state index contributed by atoms with van der Waals surface area (Å²) in [4.78, 5) is 30.6. The van der Waals surface area contributed by atoms with Gasteiger partial charge in [0.2, 0.25) is 11.8 Å². The van der Waals surface area contributed by atoms with Gasteiger partial charge in [-0.05, 0) is 34.6 Å². The molecule has 0 radical (unpaired) electrons. The fourth-order valence-corrected chi connectivity index (χ4v) is 3.26. The van der Waals surface area contributed by atoms with Crippen molar-refractivity contribution < 1.29 is 9.59 Å². The molecule has 0 fully saturated rings. The molecule has 150 valence electrons. The Hall–Kier alpha value is -2.69. The number of hydrogen-bond donors (Lipinski definition) is 1. The van der Waals surface area contributed by atoms with Gasteiger partial charge in [-0.25, -0.2) is 0 Å². The molecule has 0 aliphatic heterocycles. The van der Waals surface area contributed by atoms with Gasteiger partial charge in [0.25, 0.3) is 0 Å². The average molecular weight is 382 g/mol. The number of para-hydroxylation sites is 1. The van der Waals surface area contributed by atoms with Crippen molar-refractivity contribution in [2.75, 3.05) is 11.4 Å². The number of carbonyl (C=O) groups excluding carboxylic acids is 2. The monoisotopic (exact) mass is 381 g/mol. The van der Waals surface area contributed by atoms with Crippen LogP contribution in [0.15, 0.2) is 42.7 Å². The van der Waals surface area contributed by atoms with Crippen LogP contribution in [0.3, 0.4) is 0 Å². The lowest BCUT2D eigenvalue weighted by Gasteiger charge is -2.29. The maximum atomic E-state index is 12.5. The lowest BCUT2D eigenvalue weighted by molar-refractivity contribution is -0.121. The Bertz CT molecular complexity index is 774. The first-order valence-electron chi connectivity index (χ1n) is 9.87. The molecule has 0 bridgehead atoms. The predicted octanol–water partition coefficient (Wildman–Crippen LogP) is 4.39. The van der Waals surface area contributed by atoms with Gasteiger partial charge in [0, 0.05) is 38.8 Å². The zero-order valence-corrected chi connectivity index (χ0v) is 17.5. The van der Waals surface area contributed by atoms with E-state index in [4.69, 9.17) is 0 Å². The second kappa shape index (κ2) is 10.0. The predicted molar refractivity (Wildman–Crippen MR) is 113 cm³/mol. The van der Waals surface area contributed by atoms with Gasteiger partial charge >= 0.3 is 0 Å². The van der Waals surface area contributed by atoms with Crippen molar-refractivity contribution in [1.29, 1.82) is 0 Å². The first-order valence-corrected chi connectivity index (χ1v) is 9.87. The summed E-state index contributed by atoms with van der Waals surface area (Å²) in [6.07, 6.45) is 3.69. The van der Waals surface area contributed by atoms with Crippen LogP contribution in [0.5, 0.6) is 0 Å². The van der Waals surface area contributed by atoms with Gasteiger partial charge in [0.1, 0.15) is 0 Å². The smallest absolute Gasteiger partial charge is 0.223 e. The van der Waals surface area contributed by atoms with Gasteiger partial charge in [0.15, 0.2) is 0 Å². The summed E-state index contributed by atoms with van der Waals surface area (Å²) in [5, 5.41) is 2.90. The third kappa shape index (κ3) is 5.65. The number of aromatic nitrogens is 1. The lowest BCUT2D eigenvalue weighted by Crippen LogP contribution is -2.35. The van der Waals surface area contributed by atoms with Gasteiger partial charge in [-0.3, -0.25) is 14.6 Å². The number of nitrogens with zero attached hydrogens (tertiary/aromatic N) is 2. The molecule has 5 nitrogen and oxygen atoms in total. The number of carbonyl (C=O) groups is 2. The van der Waals surface area contributed by atoms with E-state index < -0.39 is 0 Å². The third-order valence-electron chi connectivity index (χ3n) is 4.77. The molecule has 2 aromatic rings. The van der Waals surface area contributed by atoms with Gasteiger partial charge < -0.3 is 10.2 Å². The van der Waals surface area contributed by atoms with Crippen LogP contribution in [-0.2, 0) is 16.1 Å². The molecular weight excluding hydrogens is 350 g/mol. The molecule has 0 saturated carbocycles. The summed E-state index contributed by atoms with van der Waals surface area (Å²) in [6.45, 7) is 10.9. The number of amides is 2. The minimum absolute atomic E-state index is 0.0462. The van der Waals surface area contributed by atoms with Crippen molar-refractivity contribution in [3.05, 3.63) is 59.4 Å². The Balaban J connectivity index is 2.15. The highest BCUT2D eigenvalue weighted by molar-refractivity contribution is 5.94. The Morgan fingerprint density at radius 1 is 1.04 bits per heavy atom. The highest BCUT2D eigenvalue weighted by Gasteiger charge is 2.22. The maximum absolute atomic E-state index is 12.5. The van der Waals surface area contributed by atoms with E-state index in [1.165, 1.54) is 0 Å². The van der Waals surface area contributed by atoms with E-state index in [1.54, 1.807) is 24.2 Å². The highest BCUT2D eigenvalue weighted by Crippen LogP contribution is 2.35. The summed E-state index contributed by atoms with van der Waals surface area (Å²) in [5.74, 6) is 0.447. The van der Waals surface area contributed by atoms with E-state index in [-0.39, 0.29) is 30.1 Å². The van der Waals surface area contributed by atoms with E-state index in [9.17, 15) is 9.59 Å². The molecule has 1 aromatic carbocycles. The third-order valence-corrected chi connectivity index (χ3v) is 4.77. The SMILES string of the molecule is CC(=O)N(CCC(=O)NCc1cccnc1)c1c(C(C)C)cccc1C(C)C. The first-order chi connectivity index (χ1) is 13.3. The maximum Gasteiger partial charge on any atom is 0.223 e. The summed E-state index contributed by atoms with van der Waals surface area (Å²) in [7, 11) is 0. The summed E-state index contributed by atoms with van der Waals surface area (Å²) in [5.41, 5.74) is 4.18. The van der Waals surface area contributed by atoms with Crippen molar-refractivity contribution in [3.8, 4) is 0 Å². The summed E-state index contributed by atoms with van der Waals surface area (Å²) >= 11 is 0. The Morgan fingerprint density at radius 2 is 1.68 bits per heavy atom. The van der Waals surface area contributed by atoms with Crippen molar-refractivity contribution in [2.45, 2.75) is 59.4 Å². The van der Waals surface area contributed by atoms with Gasteiger partial charge in [-0.2, -0.15) is 0 Å². The second-order valence-electron chi connectivity index (χ2n) is 7.65. The Kier molecular flexibility index (Phi) is 7.73. The zero-order chi connectivity index (χ0) is 20.7. The number of pyridine rings is 1. The number of hydrogen-bond acceptors (Lipinski definition) is 3. The van der Waals surface area contributed by atoms with E-state index in [0.29, 0.717) is 13.1 Å². The van der Waals surface area contributed by atoms with Crippen LogP contribution in [0.25, 0.3) is 0 Å². The molecule has 2 amide bonds. The van der Waals surface area contributed by atoms with Gasteiger partial charge in [-0.15, -0.1) is 0 Å². The van der Waals surface area contributed by atoms with Crippen LogP contribution in [0.4, 0.5) is 5.69 Å². The standard InChI is InChI=1S/C23H31N3O2/c1-16(2)20-9-6-10-21(17(3)4)23(20)26(18(5)27)13-11-22(28)25-15-19-8-7-12-24-14-19/h6-10,12,14,16-17H,11,13,15H2,1-5H3,(H,25,28).